The summed E-state index contributed by atoms with van der Waals surface area (Å²) in [4.78, 5) is 22.4. The van der Waals surface area contributed by atoms with Gasteiger partial charge in [0.15, 0.2) is 11.0 Å². The number of ether oxygens (including phenoxy) is 1. The number of thiocarbonyl (C=S) groups is 1. The fourth-order valence-corrected chi connectivity index (χ4v) is 5.46. The van der Waals surface area contributed by atoms with Gasteiger partial charge in [0.2, 0.25) is 11.0 Å². The molecule has 0 saturated carbocycles. The number of carbonyl (C=O) groups is 1. The number of amidine groups is 1. The number of hydrogen-bond acceptors (Lipinski definition) is 7. The first-order valence-corrected chi connectivity index (χ1v) is 15.0. The molecule has 1 amide bonds. The van der Waals surface area contributed by atoms with Gasteiger partial charge in [0.05, 0.1) is 28.9 Å². The van der Waals surface area contributed by atoms with Crippen LogP contribution < -0.4 is 15.1 Å². The molecule has 47 heavy (non-hydrogen) atoms. The third-order valence-electron chi connectivity index (χ3n) is 6.55. The zero-order valence-corrected chi connectivity index (χ0v) is 26.0. The Morgan fingerprint density at radius 2 is 1.74 bits per heavy atom. The fourth-order valence-electron chi connectivity index (χ4n) is 4.40. The minimum Gasteiger partial charge on any atom is -0.406 e. The summed E-state index contributed by atoms with van der Waals surface area (Å²) in [5.41, 5.74) is 4.16. The van der Waals surface area contributed by atoms with E-state index in [4.69, 9.17) is 12.2 Å². The summed E-state index contributed by atoms with van der Waals surface area (Å²) in [6, 6.07) is 15.4. The van der Waals surface area contributed by atoms with Gasteiger partial charge >= 0.3 is 12.5 Å². The Bertz CT molecular complexity index is 1840. The van der Waals surface area contributed by atoms with Crippen molar-refractivity contribution >= 4 is 52.1 Å². The number of nitrogens with one attached hydrogen (secondary N) is 1. The van der Waals surface area contributed by atoms with E-state index < -0.39 is 24.0 Å². The lowest BCUT2D eigenvalue weighted by Gasteiger charge is -2.23. The van der Waals surface area contributed by atoms with E-state index >= 15 is 0 Å². The third kappa shape index (κ3) is 8.34. The average Bonchev–Trinajstić information content (AvgIpc) is 3.63. The molecule has 1 saturated heterocycles. The Labute approximate surface area is 273 Å². The summed E-state index contributed by atoms with van der Waals surface area (Å²) in [5.74, 6) is -0.586. The van der Waals surface area contributed by atoms with Crippen molar-refractivity contribution in [2.45, 2.75) is 32.3 Å². The quantitative estimate of drug-likeness (QED) is 0.0939. The normalized spacial score (nSPS) is 14.9. The largest absolute Gasteiger partial charge is 0.573 e. The van der Waals surface area contributed by atoms with E-state index in [9.17, 15) is 31.1 Å². The highest BCUT2D eigenvalue weighted by atomic mass is 32.2. The van der Waals surface area contributed by atoms with Crippen LogP contribution in [-0.2, 0) is 11.0 Å². The molecule has 17 heteroatoms. The van der Waals surface area contributed by atoms with Gasteiger partial charge in [0.1, 0.15) is 12.1 Å². The number of anilines is 1. The van der Waals surface area contributed by atoms with Crippen LogP contribution in [-0.4, -0.2) is 49.3 Å². The van der Waals surface area contributed by atoms with Crippen LogP contribution in [0.1, 0.15) is 36.5 Å². The van der Waals surface area contributed by atoms with Crippen molar-refractivity contribution in [3.63, 3.8) is 0 Å². The van der Waals surface area contributed by atoms with Crippen LogP contribution in [0.15, 0.2) is 83.2 Å². The predicted molar refractivity (Wildman–Crippen MR) is 170 cm³/mol. The Kier molecular flexibility index (Phi) is 9.67. The molecule has 1 aliphatic heterocycles. The molecule has 1 aromatic heterocycles. The van der Waals surface area contributed by atoms with Crippen LogP contribution >= 0.6 is 24.0 Å². The maximum Gasteiger partial charge on any atom is 0.573 e. The molecule has 0 aliphatic carbocycles. The van der Waals surface area contributed by atoms with Crippen molar-refractivity contribution < 1.29 is 35.9 Å². The van der Waals surface area contributed by atoms with E-state index in [1.54, 1.807) is 24.3 Å². The lowest BCUT2D eigenvalue weighted by atomic mass is 9.98. The maximum atomic E-state index is 13.5. The van der Waals surface area contributed by atoms with E-state index in [0.717, 1.165) is 28.8 Å². The maximum absolute atomic E-state index is 13.5. The minimum absolute atomic E-state index is 0.0128. The van der Waals surface area contributed by atoms with Crippen LogP contribution in [0.4, 0.5) is 32.0 Å². The summed E-state index contributed by atoms with van der Waals surface area (Å²) >= 11 is 6.31. The topological polar surface area (TPSA) is 97.0 Å². The predicted octanol–water partition coefficient (Wildman–Crippen LogP) is 7.32. The Morgan fingerprint density at radius 3 is 2.38 bits per heavy atom. The molecule has 0 atom stereocenters. The van der Waals surface area contributed by atoms with Gasteiger partial charge in [0.25, 0.3) is 0 Å². The van der Waals surface area contributed by atoms with Gasteiger partial charge in [0, 0.05) is 5.56 Å². The molecule has 5 rings (SSSR count). The van der Waals surface area contributed by atoms with Crippen molar-refractivity contribution in [1.82, 2.24) is 20.2 Å². The molecule has 0 bridgehead atoms. The second-order valence-corrected chi connectivity index (χ2v) is 11.5. The number of alkyl halides is 6. The second-order valence-electron chi connectivity index (χ2n) is 10.2. The van der Waals surface area contributed by atoms with E-state index in [1.807, 2.05) is 13.8 Å². The van der Waals surface area contributed by atoms with Gasteiger partial charge < -0.3 is 4.74 Å². The third-order valence-corrected chi connectivity index (χ3v) is 7.66. The summed E-state index contributed by atoms with van der Waals surface area (Å²) < 4.78 is 82.9. The monoisotopic (exact) mass is 691 g/mol. The number of halogens is 6. The van der Waals surface area contributed by atoms with E-state index in [2.05, 4.69) is 30.3 Å². The zero-order valence-electron chi connectivity index (χ0n) is 24.4. The van der Waals surface area contributed by atoms with Crippen molar-refractivity contribution in [3.05, 3.63) is 89.7 Å². The number of benzene rings is 3. The SMILES string of the molecule is CC(C)c1ccc(C(F)(F)F)cc1N1C(=O)CS/C1=N\C(=S)N/N=C/c1ccc(-c2ncn(-c3ccc(OC(F)(F)F)cc3)n2)cc1. The first kappa shape index (κ1) is 33.6. The van der Waals surface area contributed by atoms with E-state index in [-0.39, 0.29) is 33.4 Å². The highest BCUT2D eigenvalue weighted by Crippen LogP contribution is 2.38. The van der Waals surface area contributed by atoms with Gasteiger partial charge in [-0.05, 0) is 65.7 Å². The lowest BCUT2D eigenvalue weighted by Crippen LogP contribution is -2.32. The molecule has 244 valence electrons. The van der Waals surface area contributed by atoms with Crippen molar-refractivity contribution in [2.75, 3.05) is 10.7 Å². The van der Waals surface area contributed by atoms with Gasteiger partial charge in [-0.25, -0.2) is 9.67 Å². The number of carbonyl (C=O) groups excluding carboxylic acids is 1. The van der Waals surface area contributed by atoms with Gasteiger partial charge in [-0.15, -0.1) is 18.3 Å². The molecule has 1 N–H and O–H groups in total. The molecule has 0 unspecified atom stereocenters. The molecule has 9 nitrogen and oxygen atoms in total. The molecule has 1 aliphatic rings. The molecule has 2 heterocycles. The van der Waals surface area contributed by atoms with Gasteiger partial charge in [-0.3, -0.25) is 15.1 Å². The number of thioether (sulfide) groups is 1. The van der Waals surface area contributed by atoms with Crippen LogP contribution in [0, 0.1) is 0 Å². The number of rotatable bonds is 7. The zero-order chi connectivity index (χ0) is 33.9. The molecular formula is C30H23F6N7O2S2. The first-order valence-electron chi connectivity index (χ1n) is 13.6. The molecule has 0 radical (unpaired) electrons. The van der Waals surface area contributed by atoms with Crippen molar-refractivity contribution in [1.29, 1.82) is 0 Å². The number of amides is 1. The lowest BCUT2D eigenvalue weighted by molar-refractivity contribution is -0.274. The molecule has 3 aromatic carbocycles. The highest BCUT2D eigenvalue weighted by Gasteiger charge is 2.36. The number of nitrogens with zero attached hydrogens (tertiary/aromatic N) is 6. The smallest absolute Gasteiger partial charge is 0.406 e. The Hall–Kier alpha value is -4.77. The average molecular weight is 692 g/mol. The van der Waals surface area contributed by atoms with Gasteiger partial charge in [-0.1, -0.05) is 55.9 Å². The second kappa shape index (κ2) is 13.5. The summed E-state index contributed by atoms with van der Waals surface area (Å²) in [5, 5.41) is 8.45. The Morgan fingerprint density at radius 1 is 1.04 bits per heavy atom. The summed E-state index contributed by atoms with van der Waals surface area (Å²) in [6.45, 7) is 3.63. The van der Waals surface area contributed by atoms with Crippen molar-refractivity contribution in [2.24, 2.45) is 10.1 Å². The molecular weight excluding hydrogens is 668 g/mol. The van der Waals surface area contributed by atoms with Crippen LogP contribution in [0.2, 0.25) is 0 Å². The number of aromatic nitrogens is 3. The number of aliphatic imine (C=N–C) groups is 1. The van der Waals surface area contributed by atoms with E-state index in [1.165, 1.54) is 47.6 Å². The standard InChI is InChI=1S/C30H23F6N7O2S2/c1-17(2)23-12-7-20(29(31,32)33)13-24(23)43-25(44)15-47-28(43)39-27(46)40-38-14-18-3-5-19(6-4-18)26-37-16-42(41-26)21-8-10-22(11-9-21)45-30(34,35)36/h3-14,16-17H,15H2,1-2H3,(H,40,46)/b38-14+,39-28-. The fraction of sp³-hybridized carbons (Fsp3) is 0.200. The van der Waals surface area contributed by atoms with Crippen LogP contribution in [0.5, 0.6) is 5.75 Å². The van der Waals surface area contributed by atoms with Gasteiger partial charge in [-0.2, -0.15) is 23.3 Å². The Balaban J connectivity index is 1.24. The molecule has 0 spiro atoms. The molecule has 4 aromatic rings. The van der Waals surface area contributed by atoms with E-state index in [0.29, 0.717) is 28.2 Å². The first-order chi connectivity index (χ1) is 22.2. The molecule has 1 fully saturated rings. The minimum atomic E-state index is -4.79. The number of hydrogen-bond donors (Lipinski definition) is 1. The van der Waals surface area contributed by atoms with Crippen LogP contribution in [0.3, 0.4) is 0 Å². The van der Waals surface area contributed by atoms with Crippen LogP contribution in [0.25, 0.3) is 17.1 Å². The summed E-state index contributed by atoms with van der Waals surface area (Å²) in [7, 11) is 0. The van der Waals surface area contributed by atoms with Crippen molar-refractivity contribution in [3.8, 4) is 22.8 Å². The summed E-state index contributed by atoms with van der Waals surface area (Å²) in [6.07, 6.45) is -6.50. The highest BCUT2D eigenvalue weighted by molar-refractivity contribution is 8.15. The number of hydrazone groups is 1.